The number of aromatic nitrogens is 2. The number of anilines is 1. The smallest absolute Gasteiger partial charge is 0.308 e. The lowest BCUT2D eigenvalue weighted by atomic mass is 10.1. The van der Waals surface area contributed by atoms with E-state index in [-0.39, 0.29) is 6.42 Å². The molecule has 0 aliphatic carbocycles. The maximum atomic E-state index is 11.3. The lowest BCUT2D eigenvalue weighted by molar-refractivity contribution is -0.136. The topological polar surface area (TPSA) is 66.3 Å². The van der Waals surface area contributed by atoms with Gasteiger partial charge in [0, 0.05) is 41.3 Å². The molecule has 0 unspecified atom stereocenters. The van der Waals surface area contributed by atoms with Crippen molar-refractivity contribution in [3.63, 3.8) is 0 Å². The van der Waals surface area contributed by atoms with Crippen LogP contribution in [0.5, 0.6) is 0 Å². The van der Waals surface area contributed by atoms with Crippen molar-refractivity contribution in [3.05, 3.63) is 58.6 Å². The van der Waals surface area contributed by atoms with E-state index < -0.39 is 5.97 Å². The molecule has 3 aromatic rings. The summed E-state index contributed by atoms with van der Waals surface area (Å²) in [4.78, 5) is 23.0. The lowest BCUT2D eigenvalue weighted by Gasteiger charge is -2.10. The molecule has 0 fully saturated rings. The number of halogens is 1. The summed E-state index contributed by atoms with van der Waals surface area (Å²) in [5.41, 5.74) is 3.09. The summed E-state index contributed by atoms with van der Waals surface area (Å²) in [7, 11) is 3.85. The first-order valence-electron chi connectivity index (χ1n) is 8.16. The minimum Gasteiger partial charge on any atom is -0.481 e. The van der Waals surface area contributed by atoms with Crippen LogP contribution in [-0.2, 0) is 11.2 Å². The number of hydrogen-bond acceptors (Lipinski definition) is 5. The molecule has 0 amide bonds. The first-order valence-corrected chi connectivity index (χ1v) is 9.36. The molecule has 0 aliphatic heterocycles. The highest BCUT2D eigenvalue weighted by Gasteiger charge is 2.18. The van der Waals surface area contributed by atoms with Crippen molar-refractivity contribution in [1.29, 1.82) is 0 Å². The Balaban J connectivity index is 2.08. The predicted molar refractivity (Wildman–Crippen MR) is 112 cm³/mol. The van der Waals surface area contributed by atoms with Crippen molar-refractivity contribution in [1.82, 2.24) is 9.97 Å². The molecule has 0 radical (unpaired) electrons. The summed E-state index contributed by atoms with van der Waals surface area (Å²) in [6, 6.07) is 9.32. The van der Waals surface area contributed by atoms with Crippen LogP contribution in [0, 0.1) is 0 Å². The van der Waals surface area contributed by atoms with Crippen molar-refractivity contribution in [3.8, 4) is 21.8 Å². The van der Waals surface area contributed by atoms with Gasteiger partial charge in [0.15, 0.2) is 0 Å². The zero-order valence-corrected chi connectivity index (χ0v) is 16.5. The Labute approximate surface area is 166 Å². The van der Waals surface area contributed by atoms with Crippen LogP contribution in [0.3, 0.4) is 0 Å². The number of hydrogen-bond donors (Lipinski definition) is 1. The van der Waals surface area contributed by atoms with E-state index in [9.17, 15) is 9.90 Å². The molecule has 3 rings (SSSR count). The van der Waals surface area contributed by atoms with Crippen LogP contribution in [0.1, 0.15) is 10.4 Å². The second-order valence-electron chi connectivity index (χ2n) is 6.10. The Hall–Kier alpha value is -2.70. The van der Waals surface area contributed by atoms with Gasteiger partial charge < -0.3 is 10.0 Å². The number of carboxylic acid groups (broad SMARTS) is 1. The monoisotopic (exact) mass is 399 g/mol. The van der Waals surface area contributed by atoms with Crippen molar-refractivity contribution < 1.29 is 9.90 Å². The normalized spacial score (nSPS) is 10.6. The second-order valence-corrected chi connectivity index (χ2v) is 7.59. The van der Waals surface area contributed by atoms with Crippen LogP contribution < -0.4 is 4.90 Å². The van der Waals surface area contributed by atoms with E-state index in [2.05, 4.69) is 11.6 Å². The van der Waals surface area contributed by atoms with Crippen LogP contribution >= 0.6 is 22.9 Å². The summed E-state index contributed by atoms with van der Waals surface area (Å²) in [5, 5.41) is 10.6. The van der Waals surface area contributed by atoms with Gasteiger partial charge in [0.25, 0.3) is 0 Å². The average molecular weight is 400 g/mol. The van der Waals surface area contributed by atoms with Gasteiger partial charge in [-0.1, -0.05) is 30.3 Å². The zero-order valence-electron chi connectivity index (χ0n) is 14.9. The summed E-state index contributed by atoms with van der Waals surface area (Å²) < 4.78 is 0. The van der Waals surface area contributed by atoms with Gasteiger partial charge in [-0.3, -0.25) is 4.79 Å². The molecule has 7 heteroatoms. The Morgan fingerprint density at radius 1 is 1.30 bits per heavy atom. The molecule has 2 heterocycles. The van der Waals surface area contributed by atoms with Crippen LogP contribution in [-0.4, -0.2) is 35.1 Å². The van der Waals surface area contributed by atoms with E-state index in [0.717, 1.165) is 27.5 Å². The molecular formula is C20H18ClN3O2S. The molecule has 27 heavy (non-hydrogen) atoms. The number of benzene rings is 1. The fourth-order valence-corrected chi connectivity index (χ4v) is 3.84. The first kappa shape index (κ1) is 19.1. The van der Waals surface area contributed by atoms with Gasteiger partial charge in [-0.25, -0.2) is 9.97 Å². The fraction of sp³-hybridized carbons (Fsp3) is 0.150. The minimum atomic E-state index is -0.898. The summed E-state index contributed by atoms with van der Waals surface area (Å²) in [6.45, 7) is 3.76. The van der Waals surface area contributed by atoms with E-state index in [4.69, 9.17) is 16.6 Å². The Morgan fingerprint density at radius 2 is 2.04 bits per heavy atom. The van der Waals surface area contributed by atoms with E-state index >= 15 is 0 Å². The number of thiazole rings is 1. The van der Waals surface area contributed by atoms with Crippen molar-refractivity contribution in [2.45, 2.75) is 6.42 Å². The Bertz CT molecular complexity index is 997. The molecule has 5 nitrogen and oxygen atoms in total. The van der Waals surface area contributed by atoms with Crippen molar-refractivity contribution in [2.24, 2.45) is 0 Å². The molecule has 0 saturated heterocycles. The highest BCUT2D eigenvalue weighted by molar-refractivity contribution is 7.15. The molecule has 0 spiro atoms. The van der Waals surface area contributed by atoms with Gasteiger partial charge in [0.2, 0.25) is 0 Å². The van der Waals surface area contributed by atoms with E-state index in [1.54, 1.807) is 18.3 Å². The number of nitrogens with zero attached hydrogens (tertiary/aromatic N) is 3. The van der Waals surface area contributed by atoms with Crippen LogP contribution in [0.25, 0.3) is 27.9 Å². The van der Waals surface area contributed by atoms with Gasteiger partial charge in [0.05, 0.1) is 12.1 Å². The Kier molecular flexibility index (Phi) is 5.58. The van der Waals surface area contributed by atoms with Crippen LogP contribution in [0.15, 0.2) is 43.1 Å². The number of carboxylic acids is 1. The van der Waals surface area contributed by atoms with E-state index in [0.29, 0.717) is 15.6 Å². The minimum absolute atomic E-state index is 0.0950. The standard InChI is InChI=1S/C20H18ClN3O2S/c1-4-12-9-13(5-7-15(12)21)19-16(10-18(25)26)27-20(23-19)14-6-8-17(22-11-14)24(2)3/h4-9,11H,1,10H2,2-3H3,(H,25,26). The maximum Gasteiger partial charge on any atom is 0.308 e. The molecule has 0 saturated carbocycles. The molecule has 0 bridgehead atoms. The molecule has 1 N–H and O–H groups in total. The largest absolute Gasteiger partial charge is 0.481 e. The van der Waals surface area contributed by atoms with Gasteiger partial charge in [-0.05, 0) is 29.8 Å². The van der Waals surface area contributed by atoms with Gasteiger partial charge in [0.1, 0.15) is 10.8 Å². The second kappa shape index (κ2) is 7.90. The lowest BCUT2D eigenvalue weighted by Crippen LogP contribution is -2.09. The summed E-state index contributed by atoms with van der Waals surface area (Å²) in [6.07, 6.45) is 3.32. The van der Waals surface area contributed by atoms with E-state index in [1.165, 1.54) is 11.3 Å². The third-order valence-corrected chi connectivity index (χ3v) is 5.40. The SMILES string of the molecule is C=Cc1cc(-c2nc(-c3ccc(N(C)C)nc3)sc2CC(=O)O)ccc1Cl. The highest BCUT2D eigenvalue weighted by Crippen LogP contribution is 2.35. The van der Waals surface area contributed by atoms with Gasteiger partial charge in [-0.2, -0.15) is 0 Å². The molecule has 138 valence electrons. The summed E-state index contributed by atoms with van der Waals surface area (Å²) >= 11 is 7.52. The third-order valence-electron chi connectivity index (χ3n) is 3.95. The van der Waals surface area contributed by atoms with Crippen molar-refractivity contribution >= 4 is 40.8 Å². The number of aliphatic carboxylic acids is 1. The molecular weight excluding hydrogens is 382 g/mol. The predicted octanol–water partition coefficient (Wildman–Crippen LogP) is 4.86. The summed E-state index contributed by atoms with van der Waals surface area (Å²) in [5.74, 6) is -0.0555. The average Bonchev–Trinajstić information content (AvgIpc) is 3.05. The fourth-order valence-electron chi connectivity index (χ4n) is 2.58. The van der Waals surface area contributed by atoms with Gasteiger partial charge in [-0.15, -0.1) is 11.3 Å². The highest BCUT2D eigenvalue weighted by atomic mass is 35.5. The molecule has 0 aliphatic rings. The zero-order chi connectivity index (χ0) is 19.6. The van der Waals surface area contributed by atoms with Crippen molar-refractivity contribution in [2.75, 3.05) is 19.0 Å². The quantitative estimate of drug-likeness (QED) is 0.641. The molecule has 0 atom stereocenters. The van der Waals surface area contributed by atoms with Crippen LogP contribution in [0.2, 0.25) is 5.02 Å². The third kappa shape index (κ3) is 4.18. The maximum absolute atomic E-state index is 11.3. The van der Waals surface area contributed by atoms with Gasteiger partial charge >= 0.3 is 5.97 Å². The molecule has 1 aromatic carbocycles. The number of carbonyl (C=O) groups is 1. The van der Waals surface area contributed by atoms with Crippen LogP contribution in [0.4, 0.5) is 5.82 Å². The van der Waals surface area contributed by atoms with E-state index in [1.807, 2.05) is 43.3 Å². The molecule has 2 aromatic heterocycles. The number of pyridine rings is 1. The number of rotatable bonds is 6. The Morgan fingerprint density at radius 3 is 2.63 bits per heavy atom. The first-order chi connectivity index (χ1) is 12.9.